The number of nitrogens with zero attached hydrogens (tertiary/aromatic N) is 2. The Bertz CT molecular complexity index is 851. The lowest BCUT2D eigenvalue weighted by atomic mass is 9.95. The SMILES string of the molecule is C/C(=C\C=C\[C@@H](C)COC(=O)N1CC[C@@H](O)C1)[C@H]1OC(=O)CCCCC[C@@H](OC(=O)N(C)C)/C=C\[C@@H]1C. The number of β-amino-alcohol motifs (C(OH)–C–C–N with tert-alkyl or cyclic N) is 1. The van der Waals surface area contributed by atoms with Crippen LogP contribution in [0.3, 0.4) is 0 Å². The second-order valence-corrected chi connectivity index (χ2v) is 10.3. The number of ether oxygens (including phenoxy) is 3. The van der Waals surface area contributed by atoms with E-state index in [-0.39, 0.29) is 36.6 Å². The average Bonchev–Trinajstić information content (AvgIpc) is 3.29. The van der Waals surface area contributed by atoms with Crippen molar-refractivity contribution in [2.45, 2.75) is 77.6 Å². The van der Waals surface area contributed by atoms with Gasteiger partial charge in [-0.25, -0.2) is 9.59 Å². The van der Waals surface area contributed by atoms with Crippen molar-refractivity contribution in [2.24, 2.45) is 11.8 Å². The predicted octanol–water partition coefficient (Wildman–Crippen LogP) is 4.46. The summed E-state index contributed by atoms with van der Waals surface area (Å²) < 4.78 is 16.8. The summed E-state index contributed by atoms with van der Waals surface area (Å²) in [6.07, 6.45) is 11.6. The first-order valence-electron chi connectivity index (χ1n) is 13.3. The monoisotopic (exact) mass is 520 g/mol. The fraction of sp³-hybridized carbons (Fsp3) is 0.679. The van der Waals surface area contributed by atoms with Crippen molar-refractivity contribution in [3.8, 4) is 0 Å². The van der Waals surface area contributed by atoms with Crippen LogP contribution < -0.4 is 0 Å². The van der Waals surface area contributed by atoms with E-state index in [1.54, 1.807) is 14.1 Å². The van der Waals surface area contributed by atoms with Crippen LogP contribution in [-0.2, 0) is 19.0 Å². The van der Waals surface area contributed by atoms with Crippen LogP contribution in [0.4, 0.5) is 9.59 Å². The largest absolute Gasteiger partial charge is 0.457 e. The van der Waals surface area contributed by atoms with Gasteiger partial charge in [-0.05, 0) is 44.3 Å². The fourth-order valence-electron chi connectivity index (χ4n) is 4.19. The maximum absolute atomic E-state index is 12.5. The van der Waals surface area contributed by atoms with Gasteiger partial charge in [0.15, 0.2) is 0 Å². The Hall–Kier alpha value is -2.81. The Balaban J connectivity index is 2.01. The van der Waals surface area contributed by atoms with Crippen LogP contribution >= 0.6 is 0 Å². The van der Waals surface area contributed by atoms with Crippen LogP contribution in [0.2, 0.25) is 0 Å². The molecule has 5 atom stereocenters. The zero-order valence-corrected chi connectivity index (χ0v) is 22.9. The minimum atomic E-state index is -0.473. The van der Waals surface area contributed by atoms with Crippen LogP contribution in [0.1, 0.15) is 59.3 Å². The molecule has 37 heavy (non-hydrogen) atoms. The summed E-state index contributed by atoms with van der Waals surface area (Å²) in [6, 6.07) is 0. The van der Waals surface area contributed by atoms with Crippen molar-refractivity contribution < 1.29 is 33.7 Å². The smallest absolute Gasteiger partial charge is 0.409 e. The van der Waals surface area contributed by atoms with Gasteiger partial charge in [-0.1, -0.05) is 44.6 Å². The van der Waals surface area contributed by atoms with E-state index in [0.717, 1.165) is 24.8 Å². The number of allylic oxidation sites excluding steroid dienone is 2. The van der Waals surface area contributed by atoms with E-state index in [2.05, 4.69) is 0 Å². The van der Waals surface area contributed by atoms with E-state index >= 15 is 0 Å². The van der Waals surface area contributed by atoms with E-state index in [9.17, 15) is 19.5 Å². The highest BCUT2D eigenvalue weighted by Gasteiger charge is 2.26. The van der Waals surface area contributed by atoms with Gasteiger partial charge in [0, 0.05) is 45.4 Å². The molecular formula is C28H44N2O7. The molecule has 0 radical (unpaired) electrons. The van der Waals surface area contributed by atoms with Crippen LogP contribution in [0.25, 0.3) is 0 Å². The summed E-state index contributed by atoms with van der Waals surface area (Å²) in [5.74, 6) is -0.350. The van der Waals surface area contributed by atoms with Crippen molar-refractivity contribution in [3.05, 3.63) is 36.0 Å². The fourth-order valence-corrected chi connectivity index (χ4v) is 4.19. The van der Waals surface area contributed by atoms with Crippen LogP contribution in [0, 0.1) is 11.8 Å². The maximum Gasteiger partial charge on any atom is 0.409 e. The quantitative estimate of drug-likeness (QED) is 0.238. The number of esters is 1. The first-order valence-corrected chi connectivity index (χ1v) is 13.3. The maximum atomic E-state index is 12.5. The van der Waals surface area contributed by atoms with Gasteiger partial charge in [0.25, 0.3) is 0 Å². The lowest BCUT2D eigenvalue weighted by molar-refractivity contribution is -0.148. The Kier molecular flexibility index (Phi) is 12.7. The van der Waals surface area contributed by atoms with E-state index in [1.807, 2.05) is 51.2 Å². The summed E-state index contributed by atoms with van der Waals surface area (Å²) in [5, 5.41) is 9.57. The minimum absolute atomic E-state index is 0.0103. The topological polar surface area (TPSA) is 106 Å². The van der Waals surface area contributed by atoms with Gasteiger partial charge < -0.3 is 29.1 Å². The third-order valence-electron chi connectivity index (χ3n) is 6.49. The number of cyclic esters (lactones) is 1. The third-order valence-corrected chi connectivity index (χ3v) is 6.49. The third kappa shape index (κ3) is 11.0. The summed E-state index contributed by atoms with van der Waals surface area (Å²) >= 11 is 0. The van der Waals surface area contributed by atoms with Crippen molar-refractivity contribution in [3.63, 3.8) is 0 Å². The molecule has 0 aliphatic carbocycles. The summed E-state index contributed by atoms with van der Waals surface area (Å²) in [5.41, 5.74) is 0.885. The molecule has 0 aromatic heterocycles. The van der Waals surface area contributed by atoms with Crippen LogP contribution in [-0.4, -0.2) is 85.2 Å². The minimum Gasteiger partial charge on any atom is -0.457 e. The second-order valence-electron chi connectivity index (χ2n) is 10.3. The number of rotatable bonds is 6. The molecule has 2 rings (SSSR count). The molecule has 2 aliphatic heterocycles. The Morgan fingerprint density at radius 3 is 2.68 bits per heavy atom. The average molecular weight is 521 g/mol. The number of hydrogen-bond donors (Lipinski definition) is 1. The van der Waals surface area contributed by atoms with E-state index in [0.29, 0.717) is 32.4 Å². The van der Waals surface area contributed by atoms with Crippen molar-refractivity contribution in [1.82, 2.24) is 9.80 Å². The number of aliphatic hydroxyl groups excluding tert-OH is 1. The Morgan fingerprint density at radius 1 is 1.24 bits per heavy atom. The number of carbonyl (C=O) groups excluding carboxylic acids is 3. The van der Waals surface area contributed by atoms with Gasteiger partial charge >= 0.3 is 18.2 Å². The lowest BCUT2D eigenvalue weighted by Crippen LogP contribution is -2.31. The molecule has 9 nitrogen and oxygen atoms in total. The Labute approximate surface area is 221 Å². The number of hydrogen-bond acceptors (Lipinski definition) is 7. The van der Waals surface area contributed by atoms with E-state index in [1.165, 1.54) is 9.80 Å². The van der Waals surface area contributed by atoms with Crippen molar-refractivity contribution in [1.29, 1.82) is 0 Å². The standard InChI is InChI=1S/C28H44N2O7/c1-20(19-35-28(34)30-17-16-23(31)18-30)10-9-11-21(2)26-22(3)14-15-24(36-27(33)29(4)5)12-7-6-8-13-25(32)37-26/h9-11,14-15,20,22-24,26,31H,6-8,12-13,16-19H2,1-5H3/b10-9+,15-14-,21-11+/t20-,22+,23-,24-,26-/m1/s1. The second kappa shape index (κ2) is 15.4. The summed E-state index contributed by atoms with van der Waals surface area (Å²) in [7, 11) is 3.32. The van der Waals surface area contributed by atoms with E-state index < -0.39 is 18.3 Å². The van der Waals surface area contributed by atoms with Crippen molar-refractivity contribution >= 4 is 18.2 Å². The first-order chi connectivity index (χ1) is 17.6. The molecule has 1 N–H and O–H groups in total. The molecular weight excluding hydrogens is 476 g/mol. The molecule has 1 fully saturated rings. The zero-order valence-electron chi connectivity index (χ0n) is 22.9. The molecule has 0 unspecified atom stereocenters. The van der Waals surface area contributed by atoms with Gasteiger partial charge in [-0.3, -0.25) is 4.79 Å². The molecule has 2 heterocycles. The molecule has 9 heteroatoms. The lowest BCUT2D eigenvalue weighted by Gasteiger charge is -2.25. The molecule has 0 saturated carbocycles. The molecule has 208 valence electrons. The zero-order chi connectivity index (χ0) is 27.4. The first kappa shape index (κ1) is 30.4. The molecule has 2 aliphatic rings. The van der Waals surface area contributed by atoms with E-state index in [4.69, 9.17) is 14.2 Å². The molecule has 2 amide bonds. The highest BCUT2D eigenvalue weighted by molar-refractivity contribution is 5.70. The highest BCUT2D eigenvalue weighted by Crippen LogP contribution is 2.22. The highest BCUT2D eigenvalue weighted by atomic mass is 16.6. The molecule has 0 bridgehead atoms. The van der Waals surface area contributed by atoms with Crippen LogP contribution in [0.15, 0.2) is 36.0 Å². The molecule has 0 aromatic carbocycles. The van der Waals surface area contributed by atoms with Crippen molar-refractivity contribution in [2.75, 3.05) is 33.8 Å². The van der Waals surface area contributed by atoms with Gasteiger partial charge in [0.1, 0.15) is 12.2 Å². The number of likely N-dealkylation sites (tertiary alicyclic amines) is 1. The molecule has 1 saturated heterocycles. The number of amides is 2. The summed E-state index contributed by atoms with van der Waals surface area (Å²) in [4.78, 5) is 39.6. The summed E-state index contributed by atoms with van der Waals surface area (Å²) in [6.45, 7) is 6.91. The number of aliphatic hydroxyl groups is 1. The van der Waals surface area contributed by atoms with Gasteiger partial charge in [0.05, 0.1) is 12.7 Å². The molecule has 0 spiro atoms. The van der Waals surface area contributed by atoms with Gasteiger partial charge in [0.2, 0.25) is 0 Å². The number of carbonyl (C=O) groups is 3. The molecule has 0 aromatic rings. The van der Waals surface area contributed by atoms with Gasteiger partial charge in [-0.2, -0.15) is 0 Å². The predicted molar refractivity (Wildman–Crippen MR) is 141 cm³/mol. The van der Waals surface area contributed by atoms with Gasteiger partial charge in [-0.15, -0.1) is 0 Å². The Morgan fingerprint density at radius 2 is 2.00 bits per heavy atom. The normalized spacial score (nSPS) is 27.6. The van der Waals surface area contributed by atoms with Crippen LogP contribution in [0.5, 0.6) is 0 Å².